The summed E-state index contributed by atoms with van der Waals surface area (Å²) in [5.74, 6) is 0.609. The fourth-order valence-corrected chi connectivity index (χ4v) is 2.34. The van der Waals surface area contributed by atoms with Crippen molar-refractivity contribution in [2.45, 2.75) is 32.8 Å². The Morgan fingerprint density at radius 3 is 2.33 bits per heavy atom. The van der Waals surface area contributed by atoms with Crippen molar-refractivity contribution in [3.8, 4) is 11.5 Å². The van der Waals surface area contributed by atoms with E-state index in [4.69, 9.17) is 14.2 Å². The van der Waals surface area contributed by atoms with Crippen LogP contribution in [0.3, 0.4) is 0 Å². The van der Waals surface area contributed by atoms with E-state index >= 15 is 0 Å². The molecule has 0 amide bonds. The highest BCUT2D eigenvalue weighted by Crippen LogP contribution is 2.27. The SMILES string of the molecule is COC(CCc1ccc(C)cc1)COc1ccccc1OC(C)=O. The van der Waals surface area contributed by atoms with Crippen molar-refractivity contribution in [3.63, 3.8) is 0 Å². The first kappa shape index (κ1) is 18.0. The third-order valence-corrected chi connectivity index (χ3v) is 3.74. The van der Waals surface area contributed by atoms with E-state index in [-0.39, 0.29) is 12.1 Å². The number of carbonyl (C=O) groups excluding carboxylic acids is 1. The zero-order chi connectivity index (χ0) is 17.4. The molecule has 0 N–H and O–H groups in total. The number of aryl methyl sites for hydroxylation is 2. The zero-order valence-corrected chi connectivity index (χ0v) is 14.5. The lowest BCUT2D eigenvalue weighted by Crippen LogP contribution is -2.21. The number of ether oxygens (including phenoxy) is 3. The lowest BCUT2D eigenvalue weighted by Gasteiger charge is -2.17. The number of carbonyl (C=O) groups is 1. The molecule has 1 unspecified atom stereocenters. The summed E-state index contributed by atoms with van der Waals surface area (Å²) in [5, 5.41) is 0. The van der Waals surface area contributed by atoms with Crippen molar-refractivity contribution in [2.75, 3.05) is 13.7 Å². The second kappa shape index (κ2) is 9.08. The lowest BCUT2D eigenvalue weighted by molar-refractivity contribution is -0.132. The molecule has 128 valence electrons. The molecule has 24 heavy (non-hydrogen) atoms. The minimum Gasteiger partial charge on any atom is -0.487 e. The van der Waals surface area contributed by atoms with Gasteiger partial charge in [0.25, 0.3) is 0 Å². The Kier molecular flexibility index (Phi) is 6.82. The number of hydrogen-bond donors (Lipinski definition) is 0. The average Bonchev–Trinajstić information content (AvgIpc) is 2.57. The number of esters is 1. The van der Waals surface area contributed by atoms with Crippen LogP contribution < -0.4 is 9.47 Å². The van der Waals surface area contributed by atoms with E-state index in [2.05, 4.69) is 31.2 Å². The quantitative estimate of drug-likeness (QED) is 0.544. The van der Waals surface area contributed by atoms with Crippen LogP contribution in [-0.4, -0.2) is 25.8 Å². The highest BCUT2D eigenvalue weighted by Gasteiger charge is 2.12. The Morgan fingerprint density at radius 2 is 1.71 bits per heavy atom. The summed E-state index contributed by atoms with van der Waals surface area (Å²) >= 11 is 0. The summed E-state index contributed by atoms with van der Waals surface area (Å²) in [6.07, 6.45) is 1.75. The molecule has 2 aromatic rings. The van der Waals surface area contributed by atoms with Gasteiger partial charge in [-0.1, -0.05) is 42.0 Å². The second-order valence-electron chi connectivity index (χ2n) is 5.73. The molecular formula is C20H24O4. The van der Waals surface area contributed by atoms with Crippen LogP contribution >= 0.6 is 0 Å². The maximum Gasteiger partial charge on any atom is 0.308 e. The molecular weight excluding hydrogens is 304 g/mol. The summed E-state index contributed by atoms with van der Waals surface area (Å²) < 4.78 is 16.4. The minimum atomic E-state index is -0.367. The van der Waals surface area contributed by atoms with Crippen LogP contribution in [0, 0.1) is 6.92 Å². The molecule has 0 spiro atoms. The van der Waals surface area contributed by atoms with Crippen LogP contribution in [0.4, 0.5) is 0 Å². The van der Waals surface area contributed by atoms with Gasteiger partial charge in [0.2, 0.25) is 0 Å². The molecule has 0 aliphatic rings. The molecule has 2 aromatic carbocycles. The van der Waals surface area contributed by atoms with Crippen molar-refractivity contribution >= 4 is 5.97 Å². The minimum absolute atomic E-state index is 0.0308. The number of para-hydroxylation sites is 2. The maximum absolute atomic E-state index is 11.1. The summed E-state index contributed by atoms with van der Waals surface area (Å²) in [6.45, 7) is 3.85. The topological polar surface area (TPSA) is 44.8 Å². The van der Waals surface area contributed by atoms with Crippen LogP contribution in [0.15, 0.2) is 48.5 Å². The Hall–Kier alpha value is -2.33. The number of benzene rings is 2. The third kappa shape index (κ3) is 5.70. The Labute approximate surface area is 143 Å². The number of methoxy groups -OCH3 is 1. The second-order valence-corrected chi connectivity index (χ2v) is 5.73. The van der Waals surface area contributed by atoms with Crippen LogP contribution in [0.25, 0.3) is 0 Å². The summed E-state index contributed by atoms with van der Waals surface area (Å²) in [7, 11) is 1.68. The Balaban J connectivity index is 1.89. The molecule has 2 rings (SSSR count). The van der Waals surface area contributed by atoms with Gasteiger partial charge in [0.15, 0.2) is 11.5 Å². The van der Waals surface area contributed by atoms with Crippen LogP contribution in [0.2, 0.25) is 0 Å². The van der Waals surface area contributed by atoms with Gasteiger partial charge in [0.05, 0.1) is 6.10 Å². The van der Waals surface area contributed by atoms with E-state index in [9.17, 15) is 4.79 Å². The largest absolute Gasteiger partial charge is 0.487 e. The van der Waals surface area contributed by atoms with Crippen molar-refractivity contribution in [1.29, 1.82) is 0 Å². The molecule has 0 saturated heterocycles. The fraction of sp³-hybridized carbons (Fsp3) is 0.350. The lowest BCUT2D eigenvalue weighted by atomic mass is 10.1. The molecule has 0 heterocycles. The Morgan fingerprint density at radius 1 is 1.04 bits per heavy atom. The molecule has 0 fully saturated rings. The predicted octanol–water partition coefficient (Wildman–Crippen LogP) is 3.95. The van der Waals surface area contributed by atoms with Crippen molar-refractivity contribution in [3.05, 3.63) is 59.7 Å². The van der Waals surface area contributed by atoms with Gasteiger partial charge in [-0.3, -0.25) is 4.79 Å². The Bertz CT molecular complexity index is 649. The number of rotatable bonds is 8. The molecule has 0 aliphatic heterocycles. The van der Waals surface area contributed by atoms with Gasteiger partial charge in [-0.05, 0) is 37.5 Å². The molecule has 1 atom stereocenters. The van der Waals surface area contributed by atoms with Gasteiger partial charge in [-0.25, -0.2) is 0 Å². The van der Waals surface area contributed by atoms with Crippen LogP contribution in [0.5, 0.6) is 11.5 Å². The molecule has 4 heteroatoms. The van der Waals surface area contributed by atoms with Crippen LogP contribution in [-0.2, 0) is 16.0 Å². The van der Waals surface area contributed by atoms with Crippen LogP contribution in [0.1, 0.15) is 24.5 Å². The van der Waals surface area contributed by atoms with Gasteiger partial charge >= 0.3 is 5.97 Å². The molecule has 0 saturated carbocycles. The summed E-state index contributed by atoms with van der Waals surface area (Å²) in [4.78, 5) is 11.1. The van der Waals surface area contributed by atoms with Crippen molar-refractivity contribution in [1.82, 2.24) is 0 Å². The third-order valence-electron chi connectivity index (χ3n) is 3.74. The summed E-state index contributed by atoms with van der Waals surface area (Å²) in [5.41, 5.74) is 2.54. The van der Waals surface area contributed by atoms with Crippen molar-refractivity contribution in [2.24, 2.45) is 0 Å². The van der Waals surface area contributed by atoms with Crippen molar-refractivity contribution < 1.29 is 19.0 Å². The standard InChI is InChI=1S/C20H24O4/c1-15-8-10-17(11-9-15)12-13-18(22-3)14-23-19-6-4-5-7-20(19)24-16(2)21/h4-11,18H,12-14H2,1-3H3. The maximum atomic E-state index is 11.1. The zero-order valence-electron chi connectivity index (χ0n) is 14.5. The van der Waals surface area contributed by atoms with E-state index in [1.54, 1.807) is 25.3 Å². The van der Waals surface area contributed by atoms with Gasteiger partial charge < -0.3 is 14.2 Å². The first-order chi connectivity index (χ1) is 11.6. The fourth-order valence-electron chi connectivity index (χ4n) is 2.34. The van der Waals surface area contributed by atoms with E-state index in [0.717, 1.165) is 12.8 Å². The highest BCUT2D eigenvalue weighted by molar-refractivity contribution is 5.70. The van der Waals surface area contributed by atoms with Gasteiger partial charge in [-0.2, -0.15) is 0 Å². The molecule has 4 nitrogen and oxygen atoms in total. The van der Waals surface area contributed by atoms with E-state index < -0.39 is 0 Å². The molecule has 0 radical (unpaired) electrons. The first-order valence-electron chi connectivity index (χ1n) is 8.07. The highest BCUT2D eigenvalue weighted by atomic mass is 16.6. The van der Waals surface area contributed by atoms with Gasteiger partial charge in [-0.15, -0.1) is 0 Å². The smallest absolute Gasteiger partial charge is 0.308 e. The normalized spacial score (nSPS) is 11.8. The predicted molar refractivity (Wildman–Crippen MR) is 93.5 cm³/mol. The molecule has 0 aliphatic carbocycles. The molecule has 0 aromatic heterocycles. The van der Waals surface area contributed by atoms with Gasteiger partial charge in [0.1, 0.15) is 6.61 Å². The monoisotopic (exact) mass is 328 g/mol. The summed E-state index contributed by atoms with van der Waals surface area (Å²) in [6, 6.07) is 15.6. The van der Waals surface area contributed by atoms with E-state index in [1.807, 2.05) is 6.07 Å². The first-order valence-corrected chi connectivity index (χ1v) is 8.07. The van der Waals surface area contributed by atoms with E-state index in [1.165, 1.54) is 18.1 Å². The molecule has 0 bridgehead atoms. The van der Waals surface area contributed by atoms with E-state index in [0.29, 0.717) is 18.1 Å². The van der Waals surface area contributed by atoms with Gasteiger partial charge in [0, 0.05) is 14.0 Å². The average molecular weight is 328 g/mol. The number of hydrogen-bond acceptors (Lipinski definition) is 4.